The fourth-order valence-electron chi connectivity index (χ4n) is 2.62. The van der Waals surface area contributed by atoms with E-state index in [4.69, 9.17) is 4.74 Å². The molecule has 0 fully saturated rings. The number of carbonyl (C=O) groups is 2. The minimum absolute atomic E-state index is 0.130. The van der Waals surface area contributed by atoms with Crippen LogP contribution in [0.5, 0.6) is 5.75 Å². The van der Waals surface area contributed by atoms with Gasteiger partial charge in [-0.05, 0) is 25.1 Å². The zero-order chi connectivity index (χ0) is 17.4. The van der Waals surface area contributed by atoms with Crippen LogP contribution in [0, 0.1) is 0 Å². The van der Waals surface area contributed by atoms with Crippen molar-refractivity contribution in [3.63, 3.8) is 0 Å². The first-order valence-electron chi connectivity index (χ1n) is 7.66. The molecule has 0 aliphatic carbocycles. The van der Waals surface area contributed by atoms with Gasteiger partial charge in [-0.3, -0.25) is 19.8 Å². The van der Waals surface area contributed by atoms with Crippen LogP contribution in [-0.4, -0.2) is 44.0 Å². The summed E-state index contributed by atoms with van der Waals surface area (Å²) < 4.78 is 7.01. The molecule has 0 spiro atoms. The number of amides is 2. The minimum Gasteiger partial charge on any atom is -0.479 e. The number of anilines is 2. The molecule has 25 heavy (non-hydrogen) atoms. The van der Waals surface area contributed by atoms with E-state index in [2.05, 4.69) is 20.4 Å². The summed E-state index contributed by atoms with van der Waals surface area (Å²) in [5.41, 5.74) is 0.561. The van der Waals surface area contributed by atoms with Gasteiger partial charge in [0.05, 0.1) is 5.69 Å². The van der Waals surface area contributed by atoms with Crippen molar-refractivity contribution in [2.24, 2.45) is 0 Å². The van der Waals surface area contributed by atoms with E-state index in [1.807, 2.05) is 6.07 Å². The average molecular weight is 338 g/mol. The Balaban J connectivity index is 1.54. The van der Waals surface area contributed by atoms with Crippen LogP contribution in [0.15, 0.2) is 42.7 Å². The molecule has 0 bridgehead atoms. The summed E-state index contributed by atoms with van der Waals surface area (Å²) in [4.78, 5) is 34.3. The Morgan fingerprint density at radius 2 is 2.16 bits per heavy atom. The Bertz CT molecular complexity index is 936. The number of nitrogens with one attached hydrogen (secondary N) is 1. The molecular formula is C16H14N6O3. The molecule has 1 aliphatic rings. The highest BCUT2D eigenvalue weighted by Gasteiger charge is 2.32. The van der Waals surface area contributed by atoms with Crippen LogP contribution in [0.3, 0.4) is 0 Å². The molecule has 126 valence electrons. The van der Waals surface area contributed by atoms with Gasteiger partial charge in [0.25, 0.3) is 17.6 Å². The van der Waals surface area contributed by atoms with Gasteiger partial charge < -0.3 is 4.74 Å². The minimum atomic E-state index is -0.653. The Morgan fingerprint density at radius 3 is 3.00 bits per heavy atom. The number of benzene rings is 1. The second kappa shape index (κ2) is 5.86. The molecule has 0 radical (unpaired) electrons. The van der Waals surface area contributed by atoms with Gasteiger partial charge in [-0.2, -0.15) is 4.98 Å². The maximum atomic E-state index is 12.4. The van der Waals surface area contributed by atoms with E-state index in [9.17, 15) is 9.59 Å². The SMILES string of the molecule is C[C@@H]1Oc2ccccc2N(CC(=O)Nc2nc3ncccn3n2)C1=O. The van der Waals surface area contributed by atoms with E-state index < -0.39 is 12.0 Å². The largest absolute Gasteiger partial charge is 0.479 e. The van der Waals surface area contributed by atoms with Crippen molar-refractivity contribution in [3.8, 4) is 5.75 Å². The molecule has 9 nitrogen and oxygen atoms in total. The molecule has 2 aromatic heterocycles. The van der Waals surface area contributed by atoms with E-state index in [1.54, 1.807) is 43.6 Å². The Kier molecular flexibility index (Phi) is 3.53. The van der Waals surface area contributed by atoms with Gasteiger partial charge in [-0.25, -0.2) is 9.50 Å². The molecule has 0 saturated carbocycles. The van der Waals surface area contributed by atoms with Crippen LogP contribution in [0.2, 0.25) is 0 Å². The zero-order valence-electron chi connectivity index (χ0n) is 13.3. The lowest BCUT2D eigenvalue weighted by molar-refractivity contribution is -0.127. The highest BCUT2D eigenvalue weighted by atomic mass is 16.5. The summed E-state index contributed by atoms with van der Waals surface area (Å²) in [6.45, 7) is 1.49. The normalized spacial score (nSPS) is 16.4. The first-order valence-corrected chi connectivity index (χ1v) is 7.66. The summed E-state index contributed by atoms with van der Waals surface area (Å²) in [6.07, 6.45) is 2.61. The summed E-state index contributed by atoms with van der Waals surface area (Å²) in [5.74, 6) is 0.383. The van der Waals surface area contributed by atoms with E-state index >= 15 is 0 Å². The summed E-state index contributed by atoms with van der Waals surface area (Å²) in [6, 6.07) is 8.80. The second-order valence-electron chi connectivity index (χ2n) is 5.50. The number of nitrogens with zero attached hydrogens (tertiary/aromatic N) is 5. The maximum Gasteiger partial charge on any atom is 0.268 e. The van der Waals surface area contributed by atoms with Crippen LogP contribution < -0.4 is 15.0 Å². The smallest absolute Gasteiger partial charge is 0.268 e. The Morgan fingerprint density at radius 1 is 1.32 bits per heavy atom. The third kappa shape index (κ3) is 2.75. The highest BCUT2D eigenvalue weighted by Crippen LogP contribution is 2.33. The third-order valence-electron chi connectivity index (χ3n) is 3.74. The van der Waals surface area contributed by atoms with Gasteiger partial charge in [0.2, 0.25) is 5.91 Å². The number of fused-ring (bicyclic) bond motifs is 2. The van der Waals surface area contributed by atoms with Crippen LogP contribution >= 0.6 is 0 Å². The highest BCUT2D eigenvalue weighted by molar-refractivity contribution is 6.05. The number of rotatable bonds is 3. The van der Waals surface area contributed by atoms with Crippen molar-refractivity contribution in [1.29, 1.82) is 0 Å². The number of hydrogen-bond acceptors (Lipinski definition) is 6. The van der Waals surface area contributed by atoms with Crippen LogP contribution in [0.4, 0.5) is 11.6 Å². The molecule has 4 rings (SSSR count). The van der Waals surface area contributed by atoms with Crippen molar-refractivity contribution in [3.05, 3.63) is 42.7 Å². The number of aromatic nitrogens is 4. The Labute approximate surface area is 142 Å². The molecule has 2 amide bonds. The molecule has 3 heterocycles. The van der Waals surface area contributed by atoms with Crippen molar-refractivity contribution < 1.29 is 14.3 Å². The summed E-state index contributed by atoms with van der Waals surface area (Å²) in [7, 11) is 0. The van der Waals surface area contributed by atoms with E-state index in [0.717, 1.165) is 0 Å². The van der Waals surface area contributed by atoms with E-state index in [1.165, 1.54) is 9.42 Å². The van der Waals surface area contributed by atoms with Gasteiger partial charge >= 0.3 is 0 Å². The molecule has 0 saturated heterocycles. The first kappa shape index (κ1) is 15.1. The van der Waals surface area contributed by atoms with E-state index in [-0.39, 0.29) is 18.4 Å². The van der Waals surface area contributed by atoms with Crippen molar-refractivity contribution in [1.82, 2.24) is 19.6 Å². The van der Waals surface area contributed by atoms with Gasteiger partial charge in [-0.1, -0.05) is 12.1 Å². The van der Waals surface area contributed by atoms with Crippen LogP contribution in [0.1, 0.15) is 6.92 Å². The lowest BCUT2D eigenvalue weighted by atomic mass is 10.2. The Hall–Kier alpha value is -3.49. The predicted molar refractivity (Wildman–Crippen MR) is 88.3 cm³/mol. The number of ether oxygens (including phenoxy) is 1. The molecule has 1 N–H and O–H groups in total. The quantitative estimate of drug-likeness (QED) is 0.760. The molecular weight excluding hydrogens is 324 g/mol. The number of hydrogen-bond donors (Lipinski definition) is 1. The van der Waals surface area contributed by atoms with Gasteiger partial charge in [0.15, 0.2) is 6.10 Å². The van der Waals surface area contributed by atoms with Crippen LogP contribution in [-0.2, 0) is 9.59 Å². The van der Waals surface area contributed by atoms with Gasteiger partial charge in [0.1, 0.15) is 12.3 Å². The molecule has 1 aromatic carbocycles. The predicted octanol–water partition coefficient (Wildman–Crippen LogP) is 0.877. The molecule has 9 heteroatoms. The summed E-state index contributed by atoms with van der Waals surface area (Å²) in [5, 5.41) is 6.70. The maximum absolute atomic E-state index is 12.4. The first-order chi connectivity index (χ1) is 12.1. The number of para-hydroxylation sites is 2. The molecule has 3 aromatic rings. The van der Waals surface area contributed by atoms with Crippen molar-refractivity contribution >= 4 is 29.2 Å². The molecule has 0 unspecified atom stereocenters. The lowest BCUT2D eigenvalue weighted by Gasteiger charge is -2.32. The van der Waals surface area contributed by atoms with E-state index in [0.29, 0.717) is 17.2 Å². The van der Waals surface area contributed by atoms with Crippen LogP contribution in [0.25, 0.3) is 5.78 Å². The number of carbonyl (C=O) groups excluding carboxylic acids is 2. The average Bonchev–Trinajstić information content (AvgIpc) is 3.01. The summed E-state index contributed by atoms with van der Waals surface area (Å²) >= 11 is 0. The molecule has 1 aliphatic heterocycles. The topological polar surface area (TPSA) is 102 Å². The van der Waals surface area contributed by atoms with Gasteiger partial charge in [0, 0.05) is 12.4 Å². The van der Waals surface area contributed by atoms with Gasteiger partial charge in [-0.15, -0.1) is 5.10 Å². The third-order valence-corrected chi connectivity index (χ3v) is 3.74. The van der Waals surface area contributed by atoms with Crippen molar-refractivity contribution in [2.75, 3.05) is 16.8 Å². The van der Waals surface area contributed by atoms with Crippen molar-refractivity contribution in [2.45, 2.75) is 13.0 Å². The molecule has 1 atom stereocenters. The standard InChI is InChI=1S/C16H14N6O3/c1-10-14(24)21(11-5-2-3-6-12(11)25-10)9-13(23)18-15-19-16-17-7-4-8-22(16)20-15/h2-8,10H,9H2,1H3,(H,18,20,23)/t10-/m0/s1. The monoisotopic (exact) mass is 338 g/mol. The second-order valence-corrected chi connectivity index (χ2v) is 5.50. The lowest BCUT2D eigenvalue weighted by Crippen LogP contribution is -2.47. The fraction of sp³-hybridized carbons (Fsp3) is 0.188. The fourth-order valence-corrected chi connectivity index (χ4v) is 2.62. The zero-order valence-corrected chi connectivity index (χ0v) is 13.3.